The fourth-order valence-electron chi connectivity index (χ4n) is 2.60. The second kappa shape index (κ2) is 8.55. The maximum absolute atomic E-state index is 13.8. The Balaban J connectivity index is 2.72. The lowest BCUT2D eigenvalue weighted by Gasteiger charge is -2.22. The van der Waals surface area contributed by atoms with Gasteiger partial charge in [-0.3, -0.25) is 0 Å². The zero-order chi connectivity index (χ0) is 14.3. The number of halogens is 2. The van der Waals surface area contributed by atoms with Crippen LogP contribution in [0.25, 0.3) is 0 Å². The largest absolute Gasteiger partial charge is 0.314 e. The predicted molar refractivity (Wildman–Crippen MR) is 81.3 cm³/mol. The molecule has 0 bridgehead atoms. The molecule has 0 saturated carbocycles. The molecule has 1 aromatic carbocycles. The van der Waals surface area contributed by atoms with E-state index < -0.39 is 0 Å². The summed E-state index contributed by atoms with van der Waals surface area (Å²) in [5.74, 6) is 0.457. The van der Waals surface area contributed by atoms with Crippen LogP contribution in [0, 0.1) is 11.7 Å². The molecule has 2 unspecified atom stereocenters. The maximum atomic E-state index is 13.8. The molecule has 3 heteroatoms. The van der Waals surface area contributed by atoms with Gasteiger partial charge in [0.05, 0.1) is 0 Å². The minimum Gasteiger partial charge on any atom is -0.314 e. The lowest BCUT2D eigenvalue weighted by atomic mass is 9.93. The summed E-state index contributed by atoms with van der Waals surface area (Å²) in [4.78, 5) is 0. The highest BCUT2D eigenvalue weighted by Crippen LogP contribution is 2.23. The average Bonchev–Trinajstić information content (AvgIpc) is 2.34. The Hall–Kier alpha value is -0.600. The first-order valence-electron chi connectivity index (χ1n) is 7.24. The lowest BCUT2D eigenvalue weighted by molar-refractivity contribution is 0.382. The van der Waals surface area contributed by atoms with E-state index in [1.807, 2.05) is 0 Å². The van der Waals surface area contributed by atoms with Gasteiger partial charge < -0.3 is 5.32 Å². The van der Waals surface area contributed by atoms with Gasteiger partial charge in [0, 0.05) is 16.6 Å². The van der Waals surface area contributed by atoms with Crippen molar-refractivity contribution in [2.75, 3.05) is 6.54 Å². The Bertz CT molecular complexity index is 361. The van der Waals surface area contributed by atoms with Gasteiger partial charge >= 0.3 is 0 Å². The van der Waals surface area contributed by atoms with E-state index in [4.69, 9.17) is 11.6 Å². The van der Waals surface area contributed by atoms with Crippen molar-refractivity contribution in [3.63, 3.8) is 0 Å². The third kappa shape index (κ3) is 5.50. The van der Waals surface area contributed by atoms with E-state index in [0.717, 1.165) is 13.0 Å². The monoisotopic (exact) mass is 285 g/mol. The molecule has 0 amide bonds. The normalized spacial score (nSPS) is 14.4. The van der Waals surface area contributed by atoms with Gasteiger partial charge in [-0.2, -0.15) is 0 Å². The lowest BCUT2D eigenvalue weighted by Crippen LogP contribution is -2.33. The van der Waals surface area contributed by atoms with Crippen molar-refractivity contribution in [3.05, 3.63) is 34.6 Å². The third-order valence-electron chi connectivity index (χ3n) is 3.47. The summed E-state index contributed by atoms with van der Waals surface area (Å²) in [5, 5.41) is 3.98. The van der Waals surface area contributed by atoms with Gasteiger partial charge in [-0.05, 0) is 37.4 Å². The van der Waals surface area contributed by atoms with Crippen LogP contribution >= 0.6 is 11.6 Å². The Morgan fingerprint density at radius 1 is 1.32 bits per heavy atom. The van der Waals surface area contributed by atoms with E-state index >= 15 is 0 Å². The van der Waals surface area contributed by atoms with Crippen molar-refractivity contribution >= 4 is 11.6 Å². The van der Waals surface area contributed by atoms with Crippen molar-refractivity contribution in [1.82, 2.24) is 5.32 Å². The highest BCUT2D eigenvalue weighted by atomic mass is 35.5. The van der Waals surface area contributed by atoms with Crippen molar-refractivity contribution < 1.29 is 4.39 Å². The molecule has 0 aliphatic carbocycles. The number of hydrogen-bond donors (Lipinski definition) is 1. The molecule has 0 aromatic heterocycles. The molecule has 0 fully saturated rings. The molecule has 1 aromatic rings. The molecular formula is C16H25ClFN. The van der Waals surface area contributed by atoms with E-state index in [1.165, 1.54) is 18.9 Å². The van der Waals surface area contributed by atoms with Crippen LogP contribution in [0.2, 0.25) is 5.02 Å². The topological polar surface area (TPSA) is 12.0 Å². The van der Waals surface area contributed by atoms with Gasteiger partial charge in [-0.15, -0.1) is 0 Å². The zero-order valence-electron chi connectivity index (χ0n) is 12.2. The summed E-state index contributed by atoms with van der Waals surface area (Å²) in [6.45, 7) is 7.44. The summed E-state index contributed by atoms with van der Waals surface area (Å²) in [6, 6.07) is 5.20. The van der Waals surface area contributed by atoms with Crippen LogP contribution in [0.5, 0.6) is 0 Å². The molecule has 0 aliphatic rings. The molecule has 0 spiro atoms. The number of likely N-dealkylation sites (N-methyl/N-ethyl adjacent to an activating group) is 1. The SMILES string of the molecule is CCCC(C)CC(Cc1c(F)cccc1Cl)NCC. The predicted octanol–water partition coefficient (Wildman–Crippen LogP) is 4.83. The van der Waals surface area contributed by atoms with Crippen LogP contribution in [0.3, 0.4) is 0 Å². The van der Waals surface area contributed by atoms with E-state index in [0.29, 0.717) is 29.0 Å². The molecule has 0 radical (unpaired) electrons. The minimum absolute atomic E-state index is 0.196. The van der Waals surface area contributed by atoms with E-state index in [-0.39, 0.29) is 5.82 Å². The summed E-state index contributed by atoms with van der Waals surface area (Å²) in [6.07, 6.45) is 4.13. The maximum Gasteiger partial charge on any atom is 0.127 e. The van der Waals surface area contributed by atoms with Crippen LogP contribution in [-0.2, 0) is 6.42 Å². The van der Waals surface area contributed by atoms with Crippen molar-refractivity contribution in [3.8, 4) is 0 Å². The zero-order valence-corrected chi connectivity index (χ0v) is 12.9. The summed E-state index contributed by atoms with van der Waals surface area (Å²) in [7, 11) is 0. The Morgan fingerprint density at radius 2 is 2.05 bits per heavy atom. The molecule has 1 N–H and O–H groups in total. The van der Waals surface area contributed by atoms with E-state index in [1.54, 1.807) is 12.1 Å². The standard InChI is InChI=1S/C16H25ClFN/c1-4-7-12(3)10-13(19-5-2)11-14-15(17)8-6-9-16(14)18/h6,8-9,12-13,19H,4-5,7,10-11H2,1-3H3. The number of hydrogen-bond acceptors (Lipinski definition) is 1. The second-order valence-corrected chi connectivity index (χ2v) is 5.70. The molecule has 108 valence electrons. The summed E-state index contributed by atoms with van der Waals surface area (Å²) in [5.41, 5.74) is 0.638. The highest BCUT2D eigenvalue weighted by Gasteiger charge is 2.16. The molecule has 0 heterocycles. The van der Waals surface area contributed by atoms with Gasteiger partial charge in [0.15, 0.2) is 0 Å². The number of nitrogens with one attached hydrogen (secondary N) is 1. The molecule has 0 aliphatic heterocycles. The van der Waals surface area contributed by atoms with Gasteiger partial charge in [0.2, 0.25) is 0 Å². The van der Waals surface area contributed by atoms with Gasteiger partial charge in [-0.25, -0.2) is 4.39 Å². The number of rotatable bonds is 8. The van der Waals surface area contributed by atoms with Crippen LogP contribution in [-0.4, -0.2) is 12.6 Å². The molecule has 0 saturated heterocycles. The Morgan fingerprint density at radius 3 is 2.63 bits per heavy atom. The molecule has 1 rings (SSSR count). The first-order chi connectivity index (χ1) is 9.08. The van der Waals surface area contributed by atoms with Crippen molar-refractivity contribution in [1.29, 1.82) is 0 Å². The second-order valence-electron chi connectivity index (χ2n) is 5.29. The number of benzene rings is 1. The molecule has 2 atom stereocenters. The van der Waals surface area contributed by atoms with Crippen LogP contribution in [0.15, 0.2) is 18.2 Å². The molecular weight excluding hydrogens is 261 g/mol. The van der Waals surface area contributed by atoms with Crippen LogP contribution < -0.4 is 5.32 Å². The highest BCUT2D eigenvalue weighted by molar-refractivity contribution is 6.31. The Labute approximate surface area is 121 Å². The van der Waals surface area contributed by atoms with Gasteiger partial charge in [0.1, 0.15) is 5.82 Å². The van der Waals surface area contributed by atoms with Crippen molar-refractivity contribution in [2.24, 2.45) is 5.92 Å². The Kier molecular flexibility index (Phi) is 7.40. The summed E-state index contributed by atoms with van der Waals surface area (Å²) < 4.78 is 13.8. The first kappa shape index (κ1) is 16.5. The fourth-order valence-corrected chi connectivity index (χ4v) is 2.84. The van der Waals surface area contributed by atoms with Crippen LogP contribution in [0.1, 0.15) is 45.6 Å². The van der Waals surface area contributed by atoms with E-state index in [9.17, 15) is 4.39 Å². The van der Waals surface area contributed by atoms with Crippen molar-refractivity contribution in [2.45, 2.75) is 52.5 Å². The van der Waals surface area contributed by atoms with Crippen LogP contribution in [0.4, 0.5) is 4.39 Å². The quantitative estimate of drug-likeness (QED) is 0.722. The molecule has 19 heavy (non-hydrogen) atoms. The fraction of sp³-hybridized carbons (Fsp3) is 0.625. The van der Waals surface area contributed by atoms with Gasteiger partial charge in [-0.1, -0.05) is 51.3 Å². The third-order valence-corrected chi connectivity index (χ3v) is 3.83. The smallest absolute Gasteiger partial charge is 0.127 e. The first-order valence-corrected chi connectivity index (χ1v) is 7.62. The minimum atomic E-state index is -0.196. The summed E-state index contributed by atoms with van der Waals surface area (Å²) >= 11 is 6.10. The molecule has 1 nitrogen and oxygen atoms in total. The van der Waals surface area contributed by atoms with Gasteiger partial charge in [0.25, 0.3) is 0 Å². The average molecular weight is 286 g/mol. The van der Waals surface area contributed by atoms with E-state index in [2.05, 4.69) is 26.1 Å².